The van der Waals surface area contributed by atoms with Gasteiger partial charge in [0.1, 0.15) is 0 Å². The van der Waals surface area contributed by atoms with Crippen molar-refractivity contribution in [2.75, 3.05) is 16.4 Å². The molecule has 1 heterocycles. The first-order chi connectivity index (χ1) is 13.5. The molecule has 6 nitrogen and oxygen atoms in total. The number of carboxylic acid groups (broad SMARTS) is 1. The Labute approximate surface area is 169 Å². The van der Waals surface area contributed by atoms with Crippen LogP contribution in [0.2, 0.25) is 0 Å². The van der Waals surface area contributed by atoms with Gasteiger partial charge in [-0.1, -0.05) is 6.07 Å². The molecule has 0 fully saturated rings. The van der Waals surface area contributed by atoms with Gasteiger partial charge < -0.3 is 15.7 Å². The Balaban J connectivity index is 1.48. The first-order valence-electron chi connectivity index (χ1n) is 8.22. The SMILES string of the molecule is O=C(CSc1ccc(NC(=O)c2cccs2)cc1)Nc1ccc(C(=O)O)cc1. The molecule has 0 radical (unpaired) electrons. The third-order valence-corrected chi connectivity index (χ3v) is 5.52. The molecule has 2 aromatic carbocycles. The van der Waals surface area contributed by atoms with Crippen molar-refractivity contribution in [3.63, 3.8) is 0 Å². The first-order valence-corrected chi connectivity index (χ1v) is 10.1. The molecule has 8 heteroatoms. The molecule has 0 atom stereocenters. The summed E-state index contributed by atoms with van der Waals surface area (Å²) >= 11 is 2.74. The van der Waals surface area contributed by atoms with Gasteiger partial charge in [0.15, 0.2) is 0 Å². The number of thiophene rings is 1. The van der Waals surface area contributed by atoms with Gasteiger partial charge in [-0.3, -0.25) is 9.59 Å². The minimum atomic E-state index is -1.01. The van der Waals surface area contributed by atoms with Crippen molar-refractivity contribution in [1.82, 2.24) is 0 Å². The normalized spacial score (nSPS) is 10.3. The molecule has 0 spiro atoms. The lowest BCUT2D eigenvalue weighted by Gasteiger charge is -2.07. The number of carbonyl (C=O) groups is 3. The molecule has 2 amide bonds. The summed E-state index contributed by atoms with van der Waals surface area (Å²) in [5.74, 6) is -1.14. The summed E-state index contributed by atoms with van der Waals surface area (Å²) in [6.07, 6.45) is 0. The maximum absolute atomic E-state index is 12.0. The zero-order chi connectivity index (χ0) is 19.9. The second kappa shape index (κ2) is 9.20. The Hall–Kier alpha value is -3.10. The fourth-order valence-electron chi connectivity index (χ4n) is 2.28. The van der Waals surface area contributed by atoms with Crippen molar-refractivity contribution in [3.05, 3.63) is 76.5 Å². The van der Waals surface area contributed by atoms with E-state index in [9.17, 15) is 14.4 Å². The van der Waals surface area contributed by atoms with Crippen molar-refractivity contribution in [1.29, 1.82) is 0 Å². The summed E-state index contributed by atoms with van der Waals surface area (Å²) in [6.45, 7) is 0. The highest BCUT2D eigenvalue weighted by molar-refractivity contribution is 8.00. The molecular formula is C20H16N2O4S2. The van der Waals surface area contributed by atoms with Crippen molar-refractivity contribution in [2.24, 2.45) is 0 Å². The van der Waals surface area contributed by atoms with Crippen LogP contribution in [-0.4, -0.2) is 28.6 Å². The average molecular weight is 412 g/mol. The Morgan fingerprint density at radius 1 is 0.893 bits per heavy atom. The highest BCUT2D eigenvalue weighted by atomic mass is 32.2. The zero-order valence-corrected chi connectivity index (χ0v) is 16.2. The van der Waals surface area contributed by atoms with E-state index in [0.717, 1.165) is 4.90 Å². The Bertz CT molecular complexity index is 968. The zero-order valence-electron chi connectivity index (χ0n) is 14.5. The van der Waals surface area contributed by atoms with E-state index in [1.807, 2.05) is 23.6 Å². The molecule has 0 unspecified atom stereocenters. The average Bonchev–Trinajstić information content (AvgIpc) is 3.23. The van der Waals surface area contributed by atoms with Crippen LogP contribution in [0.15, 0.2) is 70.9 Å². The van der Waals surface area contributed by atoms with Crippen LogP contribution in [-0.2, 0) is 4.79 Å². The summed E-state index contributed by atoms with van der Waals surface area (Å²) in [7, 11) is 0. The number of thioether (sulfide) groups is 1. The van der Waals surface area contributed by atoms with E-state index in [1.165, 1.54) is 35.2 Å². The third kappa shape index (κ3) is 5.45. The van der Waals surface area contributed by atoms with Crippen LogP contribution >= 0.6 is 23.1 Å². The van der Waals surface area contributed by atoms with Gasteiger partial charge in [0.05, 0.1) is 16.2 Å². The first kappa shape index (κ1) is 19.7. The second-order valence-corrected chi connectivity index (χ2v) is 7.67. The number of carboxylic acids is 1. The molecule has 0 saturated heterocycles. The third-order valence-electron chi connectivity index (χ3n) is 3.64. The number of anilines is 2. The second-order valence-electron chi connectivity index (χ2n) is 5.68. The molecule has 1 aromatic heterocycles. The number of carbonyl (C=O) groups excluding carboxylic acids is 2. The number of amides is 2. The van der Waals surface area contributed by atoms with Crippen LogP contribution in [0.1, 0.15) is 20.0 Å². The number of rotatable bonds is 7. The standard InChI is InChI=1S/C20H16N2O4S2/c23-18(21-14-5-3-13(4-6-14)20(25)26)12-28-16-9-7-15(8-10-16)22-19(24)17-2-1-11-27-17/h1-11H,12H2,(H,21,23)(H,22,24)(H,25,26). The largest absolute Gasteiger partial charge is 0.478 e. The summed E-state index contributed by atoms with van der Waals surface area (Å²) in [6, 6.07) is 16.8. The molecule has 0 bridgehead atoms. The Kier molecular flexibility index (Phi) is 6.46. The Morgan fingerprint density at radius 2 is 1.54 bits per heavy atom. The van der Waals surface area contributed by atoms with Crippen molar-refractivity contribution in [3.8, 4) is 0 Å². The smallest absolute Gasteiger partial charge is 0.335 e. The molecule has 28 heavy (non-hydrogen) atoms. The van der Waals surface area contributed by atoms with E-state index in [-0.39, 0.29) is 23.1 Å². The van der Waals surface area contributed by atoms with Crippen molar-refractivity contribution < 1.29 is 19.5 Å². The molecule has 0 aliphatic carbocycles. The van der Waals surface area contributed by atoms with Gasteiger partial charge >= 0.3 is 5.97 Å². The van der Waals surface area contributed by atoms with E-state index in [4.69, 9.17) is 5.11 Å². The van der Waals surface area contributed by atoms with Crippen molar-refractivity contribution in [2.45, 2.75) is 4.90 Å². The summed E-state index contributed by atoms with van der Waals surface area (Å²) in [5, 5.41) is 16.3. The van der Waals surface area contributed by atoms with Gasteiger partial charge in [0.25, 0.3) is 5.91 Å². The number of hydrogen-bond donors (Lipinski definition) is 3. The lowest BCUT2D eigenvalue weighted by Crippen LogP contribution is -2.14. The van der Waals surface area contributed by atoms with E-state index >= 15 is 0 Å². The molecule has 3 N–H and O–H groups in total. The molecule has 0 aliphatic rings. The number of benzene rings is 2. The number of aromatic carboxylic acids is 1. The fourth-order valence-corrected chi connectivity index (χ4v) is 3.59. The van der Waals surface area contributed by atoms with Crippen LogP contribution < -0.4 is 10.6 Å². The van der Waals surface area contributed by atoms with Crippen LogP contribution in [0.3, 0.4) is 0 Å². The summed E-state index contributed by atoms with van der Waals surface area (Å²) in [4.78, 5) is 36.4. The van der Waals surface area contributed by atoms with Gasteiger partial charge in [-0.25, -0.2) is 4.79 Å². The quantitative estimate of drug-likeness (QED) is 0.499. The molecule has 3 rings (SSSR count). The van der Waals surface area contributed by atoms with Crippen molar-refractivity contribution >= 4 is 52.3 Å². The van der Waals surface area contributed by atoms with Gasteiger partial charge in [-0.2, -0.15) is 0 Å². The minimum absolute atomic E-state index is 0.149. The Morgan fingerprint density at radius 3 is 2.14 bits per heavy atom. The predicted molar refractivity (Wildman–Crippen MR) is 111 cm³/mol. The summed E-state index contributed by atoms with van der Waals surface area (Å²) in [5.41, 5.74) is 1.39. The molecular weight excluding hydrogens is 396 g/mol. The predicted octanol–water partition coefficient (Wildman–Crippen LogP) is 4.43. The van der Waals surface area contributed by atoms with E-state index in [1.54, 1.807) is 30.3 Å². The van der Waals surface area contributed by atoms with Gasteiger partial charge in [0, 0.05) is 16.3 Å². The van der Waals surface area contributed by atoms with Crippen LogP contribution in [0.25, 0.3) is 0 Å². The highest BCUT2D eigenvalue weighted by Crippen LogP contribution is 2.21. The highest BCUT2D eigenvalue weighted by Gasteiger charge is 2.08. The number of hydrogen-bond acceptors (Lipinski definition) is 5. The summed E-state index contributed by atoms with van der Waals surface area (Å²) < 4.78 is 0. The number of nitrogens with one attached hydrogen (secondary N) is 2. The maximum Gasteiger partial charge on any atom is 0.335 e. The van der Waals surface area contributed by atoms with Gasteiger partial charge in [-0.15, -0.1) is 23.1 Å². The molecule has 142 valence electrons. The van der Waals surface area contributed by atoms with Gasteiger partial charge in [0.2, 0.25) is 5.91 Å². The molecule has 3 aromatic rings. The monoisotopic (exact) mass is 412 g/mol. The topological polar surface area (TPSA) is 95.5 Å². The molecule has 0 saturated carbocycles. The fraction of sp³-hybridized carbons (Fsp3) is 0.0500. The van der Waals surface area contributed by atoms with E-state index < -0.39 is 5.97 Å². The maximum atomic E-state index is 12.0. The van der Waals surface area contributed by atoms with E-state index in [2.05, 4.69) is 10.6 Å². The van der Waals surface area contributed by atoms with Crippen LogP contribution in [0.5, 0.6) is 0 Å². The minimum Gasteiger partial charge on any atom is -0.478 e. The lowest BCUT2D eigenvalue weighted by molar-refractivity contribution is -0.113. The van der Waals surface area contributed by atoms with Gasteiger partial charge in [-0.05, 0) is 60.0 Å². The lowest BCUT2D eigenvalue weighted by atomic mass is 10.2. The molecule has 0 aliphatic heterocycles. The van der Waals surface area contributed by atoms with Crippen LogP contribution in [0.4, 0.5) is 11.4 Å². The van der Waals surface area contributed by atoms with E-state index in [0.29, 0.717) is 16.3 Å². The van der Waals surface area contributed by atoms with Crippen LogP contribution in [0, 0.1) is 0 Å².